The summed E-state index contributed by atoms with van der Waals surface area (Å²) in [4.78, 5) is 0. The highest BCUT2D eigenvalue weighted by molar-refractivity contribution is 6.31. The third-order valence-corrected chi connectivity index (χ3v) is 3.75. The number of halogens is 1. The number of benzene rings is 1. The molecule has 3 heteroatoms. The third kappa shape index (κ3) is 4.48. The molecule has 0 bridgehead atoms. The van der Waals surface area contributed by atoms with Gasteiger partial charge in [-0.05, 0) is 57.9 Å². The van der Waals surface area contributed by atoms with Crippen LogP contribution >= 0.6 is 11.6 Å². The predicted octanol–water partition coefficient (Wildman–Crippen LogP) is 4.50. The lowest BCUT2D eigenvalue weighted by Crippen LogP contribution is -2.42. The minimum absolute atomic E-state index is 0.144. The van der Waals surface area contributed by atoms with Gasteiger partial charge in [0.05, 0.1) is 11.6 Å². The Morgan fingerprint density at radius 1 is 1.32 bits per heavy atom. The van der Waals surface area contributed by atoms with Crippen molar-refractivity contribution in [2.45, 2.75) is 52.7 Å². The second-order valence-corrected chi connectivity index (χ2v) is 5.84. The van der Waals surface area contributed by atoms with Gasteiger partial charge in [0.25, 0.3) is 0 Å². The van der Waals surface area contributed by atoms with Crippen molar-refractivity contribution in [1.82, 2.24) is 5.32 Å². The predicted molar refractivity (Wildman–Crippen MR) is 82.9 cm³/mol. The van der Waals surface area contributed by atoms with Crippen LogP contribution in [0, 0.1) is 6.92 Å². The summed E-state index contributed by atoms with van der Waals surface area (Å²) in [6.45, 7) is 12.1. The first-order valence-corrected chi connectivity index (χ1v) is 7.43. The van der Waals surface area contributed by atoms with Gasteiger partial charge in [-0.15, -0.1) is 0 Å². The molecule has 0 amide bonds. The van der Waals surface area contributed by atoms with Crippen molar-refractivity contribution in [3.05, 3.63) is 34.3 Å². The summed E-state index contributed by atoms with van der Waals surface area (Å²) in [5.41, 5.74) is 2.03. The van der Waals surface area contributed by atoms with Crippen LogP contribution in [0.25, 0.3) is 0 Å². The van der Waals surface area contributed by atoms with E-state index in [4.69, 9.17) is 16.3 Å². The maximum atomic E-state index is 6.25. The molecule has 0 aromatic heterocycles. The van der Waals surface area contributed by atoms with Crippen LogP contribution in [0.2, 0.25) is 5.02 Å². The maximum Gasteiger partial charge on any atom is 0.0820 e. The average molecular weight is 284 g/mol. The summed E-state index contributed by atoms with van der Waals surface area (Å²) < 4.78 is 5.91. The Hall–Kier alpha value is -0.570. The van der Waals surface area contributed by atoms with E-state index in [0.717, 1.165) is 23.6 Å². The van der Waals surface area contributed by atoms with Crippen molar-refractivity contribution in [3.63, 3.8) is 0 Å². The van der Waals surface area contributed by atoms with Crippen molar-refractivity contribution in [2.75, 3.05) is 13.2 Å². The van der Waals surface area contributed by atoms with E-state index in [2.05, 4.69) is 38.2 Å². The monoisotopic (exact) mass is 283 g/mol. The van der Waals surface area contributed by atoms with Crippen molar-refractivity contribution in [2.24, 2.45) is 0 Å². The van der Waals surface area contributed by atoms with Gasteiger partial charge in [-0.25, -0.2) is 0 Å². The SMILES string of the molecule is CCCNC(c1ccc(C)c(Cl)c1)C(C)(C)OCC. The summed E-state index contributed by atoms with van der Waals surface area (Å²) >= 11 is 6.25. The Kier molecular flexibility index (Phi) is 6.31. The van der Waals surface area contributed by atoms with Gasteiger partial charge in [0.2, 0.25) is 0 Å². The minimum Gasteiger partial charge on any atom is -0.374 e. The molecule has 108 valence electrons. The van der Waals surface area contributed by atoms with E-state index in [1.54, 1.807) is 0 Å². The molecule has 1 N–H and O–H groups in total. The average Bonchev–Trinajstić information content (AvgIpc) is 2.33. The number of hydrogen-bond acceptors (Lipinski definition) is 2. The Morgan fingerprint density at radius 3 is 2.53 bits per heavy atom. The van der Waals surface area contributed by atoms with Crippen molar-refractivity contribution in [3.8, 4) is 0 Å². The Balaban J connectivity index is 3.04. The van der Waals surface area contributed by atoms with Crippen LogP contribution in [0.1, 0.15) is 51.3 Å². The lowest BCUT2D eigenvalue weighted by atomic mass is 9.91. The normalized spacial score (nSPS) is 13.6. The van der Waals surface area contributed by atoms with Gasteiger partial charge in [-0.3, -0.25) is 0 Å². The Morgan fingerprint density at radius 2 is 2.00 bits per heavy atom. The molecule has 1 rings (SSSR count). The number of nitrogens with one attached hydrogen (secondary N) is 1. The molecule has 1 aromatic carbocycles. The van der Waals surface area contributed by atoms with E-state index in [1.165, 1.54) is 5.56 Å². The first-order chi connectivity index (χ1) is 8.92. The van der Waals surface area contributed by atoms with Crippen LogP contribution in [-0.2, 0) is 4.74 Å². The summed E-state index contributed by atoms with van der Waals surface area (Å²) in [6, 6.07) is 6.39. The van der Waals surface area contributed by atoms with Crippen molar-refractivity contribution in [1.29, 1.82) is 0 Å². The molecule has 0 aliphatic heterocycles. The number of aryl methyl sites for hydroxylation is 1. The first kappa shape index (κ1) is 16.5. The van der Waals surface area contributed by atoms with Gasteiger partial charge in [0.15, 0.2) is 0 Å². The molecule has 1 unspecified atom stereocenters. The van der Waals surface area contributed by atoms with E-state index in [-0.39, 0.29) is 11.6 Å². The van der Waals surface area contributed by atoms with Crippen molar-refractivity contribution >= 4 is 11.6 Å². The van der Waals surface area contributed by atoms with E-state index in [9.17, 15) is 0 Å². The quantitative estimate of drug-likeness (QED) is 0.795. The summed E-state index contributed by atoms with van der Waals surface area (Å²) in [5, 5.41) is 4.39. The van der Waals surface area contributed by atoms with E-state index >= 15 is 0 Å². The van der Waals surface area contributed by atoms with Crippen LogP contribution in [0.15, 0.2) is 18.2 Å². The van der Waals surface area contributed by atoms with Crippen LogP contribution in [0.3, 0.4) is 0 Å². The molecule has 0 aliphatic carbocycles. The van der Waals surface area contributed by atoms with E-state index < -0.39 is 0 Å². The van der Waals surface area contributed by atoms with Gasteiger partial charge < -0.3 is 10.1 Å². The zero-order valence-corrected chi connectivity index (χ0v) is 13.5. The van der Waals surface area contributed by atoms with Gasteiger partial charge in [-0.1, -0.05) is 30.7 Å². The minimum atomic E-state index is -0.261. The maximum absolute atomic E-state index is 6.25. The zero-order valence-electron chi connectivity index (χ0n) is 12.7. The van der Waals surface area contributed by atoms with E-state index in [0.29, 0.717) is 6.61 Å². The molecule has 0 fully saturated rings. The third-order valence-electron chi connectivity index (χ3n) is 3.34. The van der Waals surface area contributed by atoms with Crippen LogP contribution < -0.4 is 5.32 Å². The molecule has 0 heterocycles. The topological polar surface area (TPSA) is 21.3 Å². The molecular formula is C16H26ClNO. The molecule has 1 aromatic rings. The molecule has 19 heavy (non-hydrogen) atoms. The summed E-state index contributed by atoms with van der Waals surface area (Å²) in [5.74, 6) is 0. The highest BCUT2D eigenvalue weighted by Gasteiger charge is 2.31. The summed E-state index contributed by atoms with van der Waals surface area (Å²) in [7, 11) is 0. The fraction of sp³-hybridized carbons (Fsp3) is 0.625. The highest BCUT2D eigenvalue weighted by Crippen LogP contribution is 2.31. The fourth-order valence-corrected chi connectivity index (χ4v) is 2.49. The van der Waals surface area contributed by atoms with Crippen LogP contribution in [0.5, 0.6) is 0 Å². The molecule has 0 aliphatic rings. The first-order valence-electron chi connectivity index (χ1n) is 7.05. The molecular weight excluding hydrogens is 258 g/mol. The number of hydrogen-bond donors (Lipinski definition) is 1. The second-order valence-electron chi connectivity index (χ2n) is 5.43. The lowest BCUT2D eigenvalue weighted by Gasteiger charge is -2.35. The molecule has 0 saturated heterocycles. The molecule has 2 nitrogen and oxygen atoms in total. The Bertz CT molecular complexity index is 404. The molecule has 1 atom stereocenters. The van der Waals surface area contributed by atoms with Gasteiger partial charge in [-0.2, -0.15) is 0 Å². The lowest BCUT2D eigenvalue weighted by molar-refractivity contribution is -0.0391. The standard InChI is InChI=1S/C16H26ClNO/c1-6-10-18-15(16(4,5)19-7-2)13-9-8-12(3)14(17)11-13/h8-9,11,15,18H,6-7,10H2,1-5H3. The van der Waals surface area contributed by atoms with Crippen molar-refractivity contribution < 1.29 is 4.74 Å². The number of ether oxygens (including phenoxy) is 1. The molecule has 0 saturated carbocycles. The second kappa shape index (κ2) is 7.28. The van der Waals surface area contributed by atoms with Gasteiger partial charge >= 0.3 is 0 Å². The van der Waals surface area contributed by atoms with Crippen LogP contribution in [0.4, 0.5) is 0 Å². The zero-order chi connectivity index (χ0) is 14.5. The Labute approximate surface area is 122 Å². The highest BCUT2D eigenvalue weighted by atomic mass is 35.5. The largest absolute Gasteiger partial charge is 0.374 e. The number of rotatable bonds is 7. The smallest absolute Gasteiger partial charge is 0.0820 e. The fourth-order valence-electron chi connectivity index (χ4n) is 2.30. The molecule has 0 radical (unpaired) electrons. The van der Waals surface area contributed by atoms with Gasteiger partial charge in [0, 0.05) is 11.6 Å². The molecule has 0 spiro atoms. The van der Waals surface area contributed by atoms with Gasteiger partial charge in [0.1, 0.15) is 0 Å². The summed E-state index contributed by atoms with van der Waals surface area (Å²) in [6.07, 6.45) is 1.10. The van der Waals surface area contributed by atoms with E-state index in [1.807, 2.05) is 19.9 Å². The van der Waals surface area contributed by atoms with Crippen LogP contribution in [-0.4, -0.2) is 18.8 Å².